The lowest BCUT2D eigenvalue weighted by Crippen LogP contribution is -2.43. The molecule has 20 heavy (non-hydrogen) atoms. The molecular weight excluding hydrogens is 266 g/mol. The monoisotopic (exact) mass is 282 g/mol. The van der Waals surface area contributed by atoms with Crippen LogP contribution in [-0.4, -0.2) is 29.8 Å². The molecule has 0 saturated carbocycles. The maximum absolute atomic E-state index is 13.4. The Morgan fingerprint density at radius 2 is 1.90 bits per heavy atom. The van der Waals surface area contributed by atoms with Crippen LogP contribution >= 0.6 is 0 Å². The highest BCUT2D eigenvalue weighted by Crippen LogP contribution is 2.18. The summed E-state index contributed by atoms with van der Waals surface area (Å²) in [4.78, 5) is 25.1. The number of halogens is 2. The van der Waals surface area contributed by atoms with Gasteiger partial charge < -0.3 is 10.2 Å². The van der Waals surface area contributed by atoms with Gasteiger partial charge in [0.2, 0.25) is 0 Å². The van der Waals surface area contributed by atoms with Crippen LogP contribution in [0.4, 0.5) is 14.5 Å². The number of likely N-dealkylation sites (tertiary alicyclic amines) is 1. The number of hydrogen-bond donors (Lipinski definition) is 1. The molecule has 2 rings (SSSR count). The van der Waals surface area contributed by atoms with E-state index < -0.39 is 23.4 Å². The molecule has 108 valence electrons. The molecule has 1 aromatic carbocycles. The second-order valence-corrected chi connectivity index (χ2v) is 5.05. The molecule has 0 spiro atoms. The maximum atomic E-state index is 13.4. The zero-order valence-corrected chi connectivity index (χ0v) is 11.2. The van der Waals surface area contributed by atoms with Crippen LogP contribution in [0.15, 0.2) is 18.2 Å². The van der Waals surface area contributed by atoms with Crippen LogP contribution in [0, 0.1) is 17.6 Å². The average molecular weight is 282 g/mol. The van der Waals surface area contributed by atoms with Crippen molar-refractivity contribution in [1.82, 2.24) is 4.90 Å². The molecule has 0 atom stereocenters. The second kappa shape index (κ2) is 5.98. The minimum absolute atomic E-state index is 0.325. The number of hydrogen-bond acceptors (Lipinski definition) is 2. The molecule has 1 aliphatic rings. The van der Waals surface area contributed by atoms with Crippen molar-refractivity contribution in [2.75, 3.05) is 18.4 Å². The zero-order chi connectivity index (χ0) is 14.7. The first-order chi connectivity index (χ1) is 9.47. The van der Waals surface area contributed by atoms with Crippen molar-refractivity contribution in [3.63, 3.8) is 0 Å². The molecule has 6 heteroatoms. The van der Waals surface area contributed by atoms with Crippen LogP contribution in [0.25, 0.3) is 0 Å². The van der Waals surface area contributed by atoms with E-state index >= 15 is 0 Å². The quantitative estimate of drug-likeness (QED) is 0.802. The van der Waals surface area contributed by atoms with Crippen LogP contribution in [-0.2, 0) is 9.59 Å². The van der Waals surface area contributed by atoms with Crippen molar-refractivity contribution in [2.24, 2.45) is 5.92 Å². The fourth-order valence-corrected chi connectivity index (χ4v) is 2.12. The van der Waals surface area contributed by atoms with Crippen molar-refractivity contribution in [1.29, 1.82) is 0 Å². The van der Waals surface area contributed by atoms with Crippen molar-refractivity contribution in [3.05, 3.63) is 29.8 Å². The van der Waals surface area contributed by atoms with Crippen LogP contribution in [0.2, 0.25) is 0 Å². The van der Waals surface area contributed by atoms with Gasteiger partial charge in [0, 0.05) is 19.2 Å². The van der Waals surface area contributed by atoms with E-state index in [0.717, 1.165) is 31.0 Å². The van der Waals surface area contributed by atoms with E-state index in [1.807, 2.05) is 0 Å². The Bertz CT molecular complexity index is 526. The molecule has 0 unspecified atom stereocenters. The van der Waals surface area contributed by atoms with E-state index in [9.17, 15) is 18.4 Å². The number of anilines is 1. The lowest BCUT2D eigenvalue weighted by atomic mass is 9.99. The highest BCUT2D eigenvalue weighted by Gasteiger charge is 2.26. The molecule has 2 amide bonds. The van der Waals surface area contributed by atoms with E-state index in [1.54, 1.807) is 0 Å². The summed E-state index contributed by atoms with van der Waals surface area (Å²) in [5.74, 6) is -2.58. The number of piperidine rings is 1. The van der Waals surface area contributed by atoms with Gasteiger partial charge in [-0.25, -0.2) is 8.78 Å². The molecule has 1 aromatic rings. The van der Waals surface area contributed by atoms with Gasteiger partial charge in [-0.1, -0.05) is 6.92 Å². The summed E-state index contributed by atoms with van der Waals surface area (Å²) in [7, 11) is 0. The number of amides is 2. The highest BCUT2D eigenvalue weighted by atomic mass is 19.1. The lowest BCUT2D eigenvalue weighted by Gasteiger charge is -2.29. The van der Waals surface area contributed by atoms with Gasteiger partial charge in [0.05, 0.1) is 5.69 Å². The van der Waals surface area contributed by atoms with Gasteiger partial charge in [-0.05, 0) is 30.9 Å². The minimum atomic E-state index is -0.941. The molecule has 1 fully saturated rings. The Morgan fingerprint density at radius 3 is 2.55 bits per heavy atom. The highest BCUT2D eigenvalue weighted by molar-refractivity contribution is 6.39. The molecule has 0 radical (unpaired) electrons. The summed E-state index contributed by atoms with van der Waals surface area (Å²) in [6, 6.07) is 2.69. The molecule has 1 aliphatic heterocycles. The van der Waals surface area contributed by atoms with Crippen LogP contribution in [0.3, 0.4) is 0 Å². The van der Waals surface area contributed by atoms with E-state index in [2.05, 4.69) is 12.2 Å². The second-order valence-electron chi connectivity index (χ2n) is 5.05. The van der Waals surface area contributed by atoms with Crippen molar-refractivity contribution in [2.45, 2.75) is 19.8 Å². The molecule has 1 N–H and O–H groups in total. The van der Waals surface area contributed by atoms with Crippen molar-refractivity contribution >= 4 is 17.5 Å². The topological polar surface area (TPSA) is 49.4 Å². The zero-order valence-electron chi connectivity index (χ0n) is 11.2. The molecule has 0 aliphatic carbocycles. The van der Waals surface area contributed by atoms with Crippen LogP contribution in [0.1, 0.15) is 19.8 Å². The van der Waals surface area contributed by atoms with Gasteiger partial charge in [0.25, 0.3) is 0 Å². The largest absolute Gasteiger partial charge is 0.334 e. The molecule has 1 saturated heterocycles. The molecule has 4 nitrogen and oxygen atoms in total. The summed E-state index contributed by atoms with van der Waals surface area (Å²) in [5.41, 5.74) is -0.325. The molecule has 1 heterocycles. The van der Waals surface area contributed by atoms with E-state index in [0.29, 0.717) is 19.0 Å². The first kappa shape index (κ1) is 14.4. The Hall–Kier alpha value is -1.98. The van der Waals surface area contributed by atoms with Crippen molar-refractivity contribution in [3.8, 4) is 0 Å². The summed E-state index contributed by atoms with van der Waals surface area (Å²) < 4.78 is 26.4. The minimum Gasteiger partial charge on any atom is -0.334 e. The van der Waals surface area contributed by atoms with Gasteiger partial charge in [0.1, 0.15) is 11.6 Å². The van der Waals surface area contributed by atoms with Crippen molar-refractivity contribution < 1.29 is 18.4 Å². The fourth-order valence-electron chi connectivity index (χ4n) is 2.12. The third kappa shape index (κ3) is 3.31. The third-order valence-electron chi connectivity index (χ3n) is 3.44. The Balaban J connectivity index is 2.01. The molecule has 0 aromatic heterocycles. The average Bonchev–Trinajstić information content (AvgIpc) is 2.43. The summed E-state index contributed by atoms with van der Waals surface area (Å²) in [5, 5.41) is 2.11. The Kier molecular flexibility index (Phi) is 4.32. The first-order valence-corrected chi connectivity index (χ1v) is 6.52. The van der Waals surface area contributed by atoms with Gasteiger partial charge in [-0.3, -0.25) is 9.59 Å². The number of nitrogens with zero attached hydrogens (tertiary/aromatic N) is 1. The summed E-state index contributed by atoms with van der Waals surface area (Å²) >= 11 is 0. The fraction of sp³-hybridized carbons (Fsp3) is 0.429. The SMILES string of the molecule is CC1CCN(C(=O)C(=O)Nc2cc(F)ccc2F)CC1. The Morgan fingerprint density at radius 1 is 1.25 bits per heavy atom. The molecule has 0 bridgehead atoms. The number of nitrogens with one attached hydrogen (secondary N) is 1. The third-order valence-corrected chi connectivity index (χ3v) is 3.44. The maximum Gasteiger partial charge on any atom is 0.313 e. The molecular formula is C14H16F2N2O2. The standard InChI is InChI=1S/C14H16F2N2O2/c1-9-4-6-18(7-5-9)14(20)13(19)17-12-8-10(15)2-3-11(12)16/h2-3,8-9H,4-7H2,1H3,(H,17,19). The summed E-state index contributed by atoms with van der Waals surface area (Å²) in [6.45, 7) is 3.11. The van der Waals surface area contributed by atoms with Gasteiger partial charge in [0.15, 0.2) is 0 Å². The van der Waals surface area contributed by atoms with Gasteiger partial charge in [-0.15, -0.1) is 0 Å². The number of benzene rings is 1. The lowest BCUT2D eigenvalue weighted by molar-refractivity contribution is -0.144. The Labute approximate surface area is 115 Å². The summed E-state index contributed by atoms with van der Waals surface area (Å²) in [6.07, 6.45) is 1.68. The van der Waals surface area contributed by atoms with E-state index in [1.165, 1.54) is 4.90 Å². The predicted molar refractivity (Wildman–Crippen MR) is 70.0 cm³/mol. The first-order valence-electron chi connectivity index (χ1n) is 6.52. The van der Waals surface area contributed by atoms with Crippen LogP contribution < -0.4 is 5.32 Å². The number of carbonyl (C=O) groups excluding carboxylic acids is 2. The van der Waals surface area contributed by atoms with Crippen LogP contribution in [0.5, 0.6) is 0 Å². The smallest absolute Gasteiger partial charge is 0.313 e. The van der Waals surface area contributed by atoms with E-state index in [-0.39, 0.29) is 5.69 Å². The predicted octanol–water partition coefficient (Wildman–Crippen LogP) is 2.16. The van der Waals surface area contributed by atoms with Gasteiger partial charge >= 0.3 is 11.8 Å². The number of rotatable bonds is 1. The van der Waals surface area contributed by atoms with Gasteiger partial charge in [-0.2, -0.15) is 0 Å². The van der Waals surface area contributed by atoms with E-state index in [4.69, 9.17) is 0 Å². The number of carbonyl (C=O) groups is 2. The normalized spacial score (nSPS) is 16.1.